The van der Waals surface area contributed by atoms with Crippen molar-refractivity contribution in [2.75, 3.05) is 25.1 Å². The maximum Gasteiger partial charge on any atom is 0.255 e. The normalized spacial score (nSPS) is 16.9. The summed E-state index contributed by atoms with van der Waals surface area (Å²) in [5, 5.41) is 3.12. The molecule has 2 aliphatic rings. The van der Waals surface area contributed by atoms with Crippen LogP contribution in [0.3, 0.4) is 0 Å². The van der Waals surface area contributed by atoms with Gasteiger partial charge in [0.1, 0.15) is 13.2 Å². The second-order valence-electron chi connectivity index (χ2n) is 4.60. The number of rotatable bonds is 2. The van der Waals surface area contributed by atoms with E-state index in [1.54, 1.807) is 0 Å². The van der Waals surface area contributed by atoms with Gasteiger partial charge in [0.05, 0.1) is 6.54 Å². The van der Waals surface area contributed by atoms with Crippen LogP contribution in [0.25, 0.3) is 0 Å². The zero-order chi connectivity index (χ0) is 14.1. The molecule has 0 atom stereocenters. The number of hydrogen-bond acceptors (Lipinski definition) is 5. The van der Waals surface area contributed by atoms with E-state index in [0.717, 1.165) is 5.69 Å². The van der Waals surface area contributed by atoms with E-state index in [4.69, 9.17) is 9.47 Å². The molecular formula is C14H14N2O4. The third-order valence-electron chi connectivity index (χ3n) is 3.12. The first-order chi connectivity index (χ1) is 9.63. The number of nitrogens with one attached hydrogen (secondary N) is 1. The molecule has 2 aliphatic heterocycles. The van der Waals surface area contributed by atoms with E-state index in [1.807, 2.05) is 18.2 Å². The van der Waals surface area contributed by atoms with Gasteiger partial charge in [0.2, 0.25) is 5.91 Å². The Morgan fingerprint density at radius 2 is 2.00 bits per heavy atom. The Bertz CT molecular complexity index is 609. The Morgan fingerprint density at radius 1 is 1.25 bits per heavy atom. The van der Waals surface area contributed by atoms with E-state index >= 15 is 0 Å². The van der Waals surface area contributed by atoms with Crippen molar-refractivity contribution in [2.45, 2.75) is 6.92 Å². The van der Waals surface area contributed by atoms with E-state index in [1.165, 1.54) is 17.9 Å². The quantitative estimate of drug-likeness (QED) is 0.876. The molecular weight excluding hydrogens is 260 g/mol. The zero-order valence-electron chi connectivity index (χ0n) is 11.0. The Balaban J connectivity index is 1.74. The SMILES string of the molecule is CC(=O)N1CC(Nc2ccc3c(c2)OCCO3)=CC1=O. The molecule has 0 saturated heterocycles. The molecule has 2 heterocycles. The molecule has 0 bridgehead atoms. The monoisotopic (exact) mass is 274 g/mol. The summed E-state index contributed by atoms with van der Waals surface area (Å²) in [4.78, 5) is 24.0. The van der Waals surface area contributed by atoms with Gasteiger partial charge in [0, 0.05) is 30.5 Å². The van der Waals surface area contributed by atoms with E-state index in [-0.39, 0.29) is 18.4 Å². The maximum absolute atomic E-state index is 11.6. The first kappa shape index (κ1) is 12.5. The van der Waals surface area contributed by atoms with Crippen LogP contribution >= 0.6 is 0 Å². The van der Waals surface area contributed by atoms with Gasteiger partial charge in [-0.1, -0.05) is 0 Å². The van der Waals surface area contributed by atoms with Gasteiger partial charge in [0.25, 0.3) is 5.91 Å². The molecule has 0 aromatic heterocycles. The summed E-state index contributed by atoms with van der Waals surface area (Å²) in [7, 11) is 0. The first-order valence-electron chi connectivity index (χ1n) is 6.33. The van der Waals surface area contributed by atoms with Crippen molar-refractivity contribution in [1.29, 1.82) is 0 Å². The molecule has 2 amide bonds. The van der Waals surface area contributed by atoms with Crippen molar-refractivity contribution in [2.24, 2.45) is 0 Å². The topological polar surface area (TPSA) is 67.9 Å². The Kier molecular flexibility index (Phi) is 3.06. The number of fused-ring (bicyclic) bond motifs is 1. The number of carbonyl (C=O) groups is 2. The summed E-state index contributed by atoms with van der Waals surface area (Å²) >= 11 is 0. The maximum atomic E-state index is 11.6. The minimum absolute atomic E-state index is 0.259. The van der Waals surface area contributed by atoms with Crippen LogP contribution in [0.5, 0.6) is 11.5 Å². The molecule has 1 aromatic rings. The van der Waals surface area contributed by atoms with E-state index in [9.17, 15) is 9.59 Å². The van der Waals surface area contributed by atoms with Crippen LogP contribution < -0.4 is 14.8 Å². The summed E-state index contributed by atoms with van der Waals surface area (Å²) in [6, 6.07) is 5.47. The standard InChI is InChI=1S/C14H14N2O4/c1-9(17)16-8-11(7-14(16)18)15-10-2-3-12-13(6-10)20-5-4-19-12/h2-3,6-7,15H,4-5,8H2,1H3. The van der Waals surface area contributed by atoms with Gasteiger partial charge in [-0.3, -0.25) is 14.5 Å². The predicted molar refractivity (Wildman–Crippen MR) is 71.5 cm³/mol. The lowest BCUT2D eigenvalue weighted by Gasteiger charge is -2.19. The molecule has 0 fully saturated rings. The van der Waals surface area contributed by atoms with Crippen molar-refractivity contribution in [1.82, 2.24) is 4.90 Å². The zero-order valence-corrected chi connectivity index (χ0v) is 11.0. The smallest absolute Gasteiger partial charge is 0.255 e. The van der Waals surface area contributed by atoms with Gasteiger partial charge in [-0.15, -0.1) is 0 Å². The van der Waals surface area contributed by atoms with Crippen molar-refractivity contribution < 1.29 is 19.1 Å². The number of benzene rings is 1. The molecule has 20 heavy (non-hydrogen) atoms. The molecule has 0 spiro atoms. The molecule has 3 rings (SSSR count). The number of ether oxygens (including phenoxy) is 2. The van der Waals surface area contributed by atoms with Crippen LogP contribution in [0.1, 0.15) is 6.92 Å². The number of amides is 2. The Morgan fingerprint density at radius 3 is 2.70 bits per heavy atom. The first-order valence-corrected chi connectivity index (χ1v) is 6.33. The number of anilines is 1. The van der Waals surface area contributed by atoms with Gasteiger partial charge in [-0.25, -0.2) is 0 Å². The lowest BCUT2D eigenvalue weighted by Crippen LogP contribution is -2.31. The molecule has 104 valence electrons. The third-order valence-corrected chi connectivity index (χ3v) is 3.12. The Labute approximate surface area is 116 Å². The van der Waals surface area contributed by atoms with Gasteiger partial charge >= 0.3 is 0 Å². The molecule has 0 aliphatic carbocycles. The number of hydrogen-bond donors (Lipinski definition) is 1. The van der Waals surface area contributed by atoms with E-state index < -0.39 is 0 Å². The summed E-state index contributed by atoms with van der Waals surface area (Å²) in [5.41, 5.74) is 1.47. The minimum Gasteiger partial charge on any atom is -0.486 e. The van der Waals surface area contributed by atoms with Crippen molar-refractivity contribution in [3.05, 3.63) is 30.0 Å². The van der Waals surface area contributed by atoms with E-state index in [0.29, 0.717) is 30.4 Å². The second-order valence-corrected chi connectivity index (χ2v) is 4.60. The predicted octanol–water partition coefficient (Wildman–Crippen LogP) is 1.14. The highest BCUT2D eigenvalue weighted by Gasteiger charge is 2.24. The van der Waals surface area contributed by atoms with Gasteiger partial charge in [0.15, 0.2) is 11.5 Å². The molecule has 0 saturated carbocycles. The van der Waals surface area contributed by atoms with Crippen LogP contribution in [0.4, 0.5) is 5.69 Å². The summed E-state index contributed by atoms with van der Waals surface area (Å²) in [6.07, 6.45) is 1.43. The number of nitrogens with zero attached hydrogens (tertiary/aromatic N) is 1. The summed E-state index contributed by atoms with van der Waals surface area (Å²) in [6.45, 7) is 2.71. The Hall–Kier alpha value is -2.50. The van der Waals surface area contributed by atoms with Crippen molar-refractivity contribution >= 4 is 17.5 Å². The molecule has 6 heteroatoms. The number of carbonyl (C=O) groups excluding carboxylic acids is 2. The molecule has 0 unspecified atom stereocenters. The average molecular weight is 274 g/mol. The van der Waals surface area contributed by atoms with Crippen LogP contribution in [-0.4, -0.2) is 36.5 Å². The highest BCUT2D eigenvalue weighted by molar-refractivity contribution is 6.03. The summed E-state index contributed by atoms with van der Waals surface area (Å²) in [5.74, 6) is 0.834. The van der Waals surface area contributed by atoms with Crippen LogP contribution in [0.2, 0.25) is 0 Å². The highest BCUT2D eigenvalue weighted by atomic mass is 16.6. The van der Waals surface area contributed by atoms with Gasteiger partial charge in [-0.05, 0) is 12.1 Å². The van der Waals surface area contributed by atoms with Gasteiger partial charge < -0.3 is 14.8 Å². The molecule has 0 radical (unpaired) electrons. The van der Waals surface area contributed by atoms with Gasteiger partial charge in [-0.2, -0.15) is 0 Å². The van der Waals surface area contributed by atoms with Crippen molar-refractivity contribution in [3.8, 4) is 11.5 Å². The molecule has 6 nitrogen and oxygen atoms in total. The molecule has 1 aromatic carbocycles. The highest BCUT2D eigenvalue weighted by Crippen LogP contribution is 2.33. The van der Waals surface area contributed by atoms with Crippen molar-refractivity contribution in [3.63, 3.8) is 0 Å². The third kappa shape index (κ3) is 2.32. The fourth-order valence-electron chi connectivity index (χ4n) is 2.17. The van der Waals surface area contributed by atoms with Crippen LogP contribution in [0.15, 0.2) is 30.0 Å². The summed E-state index contributed by atoms with van der Waals surface area (Å²) < 4.78 is 10.9. The lowest BCUT2D eigenvalue weighted by molar-refractivity contribution is -0.138. The van der Waals surface area contributed by atoms with E-state index in [2.05, 4.69) is 5.32 Å². The van der Waals surface area contributed by atoms with Crippen LogP contribution in [0, 0.1) is 0 Å². The average Bonchev–Trinajstić information content (AvgIpc) is 2.79. The molecule has 1 N–H and O–H groups in total. The minimum atomic E-state index is -0.294. The fraction of sp³-hybridized carbons (Fsp3) is 0.286. The van der Waals surface area contributed by atoms with Crippen LogP contribution in [-0.2, 0) is 9.59 Å². The fourth-order valence-corrected chi connectivity index (χ4v) is 2.17. The lowest BCUT2D eigenvalue weighted by atomic mass is 10.2. The largest absolute Gasteiger partial charge is 0.486 e. The number of imide groups is 1. The second kappa shape index (κ2) is 4.88.